The average Bonchev–Trinajstić information content (AvgIpc) is 2.57. The Morgan fingerprint density at radius 1 is 1.17 bits per heavy atom. The van der Waals surface area contributed by atoms with Gasteiger partial charge in [-0.2, -0.15) is 0 Å². The number of hydrogen-bond donors (Lipinski definition) is 1. The largest absolute Gasteiger partial charge is 0.356 e. The molecule has 1 amide bonds. The summed E-state index contributed by atoms with van der Waals surface area (Å²) in [6.07, 6.45) is 5.85. The summed E-state index contributed by atoms with van der Waals surface area (Å²) in [6.45, 7) is 6.11. The van der Waals surface area contributed by atoms with Gasteiger partial charge in [0.05, 0.1) is 0 Å². The molecule has 0 spiro atoms. The molecule has 0 saturated carbocycles. The van der Waals surface area contributed by atoms with E-state index in [9.17, 15) is 4.79 Å². The number of pyridine rings is 1. The van der Waals surface area contributed by atoms with Gasteiger partial charge in [0, 0.05) is 31.2 Å². The summed E-state index contributed by atoms with van der Waals surface area (Å²) in [5, 5.41) is 3.28. The quantitative estimate of drug-likeness (QED) is 0.924. The number of aromatic nitrogens is 1. The second-order valence-electron chi connectivity index (χ2n) is 6.99. The van der Waals surface area contributed by atoms with Crippen molar-refractivity contribution in [2.24, 2.45) is 5.92 Å². The summed E-state index contributed by atoms with van der Waals surface area (Å²) in [7, 11) is 2.15. The molecule has 126 valence electrons. The van der Waals surface area contributed by atoms with E-state index in [0.717, 1.165) is 57.7 Å². The molecule has 3 rings (SSSR count). The van der Waals surface area contributed by atoms with Crippen LogP contribution in [0.1, 0.15) is 31.2 Å². The second kappa shape index (κ2) is 7.30. The second-order valence-corrected chi connectivity index (χ2v) is 6.99. The number of amides is 1. The highest BCUT2D eigenvalue weighted by atomic mass is 16.1. The first-order valence-electron chi connectivity index (χ1n) is 8.79. The Labute approximate surface area is 139 Å². The molecule has 2 fully saturated rings. The van der Waals surface area contributed by atoms with E-state index < -0.39 is 0 Å². The maximum absolute atomic E-state index is 12.5. The number of piperidine rings is 2. The average molecular weight is 316 g/mol. The van der Waals surface area contributed by atoms with Gasteiger partial charge in [0.25, 0.3) is 0 Å². The van der Waals surface area contributed by atoms with Gasteiger partial charge in [0.15, 0.2) is 0 Å². The maximum Gasteiger partial charge on any atom is 0.223 e. The van der Waals surface area contributed by atoms with Crippen molar-refractivity contribution in [2.75, 3.05) is 38.1 Å². The number of hydrogen-bond acceptors (Lipinski definition) is 4. The molecule has 0 aromatic carbocycles. The van der Waals surface area contributed by atoms with Gasteiger partial charge in [0.2, 0.25) is 5.91 Å². The van der Waals surface area contributed by atoms with Crippen molar-refractivity contribution in [1.82, 2.24) is 15.2 Å². The number of likely N-dealkylation sites (tertiary alicyclic amines) is 1. The smallest absolute Gasteiger partial charge is 0.223 e. The molecule has 0 aliphatic carbocycles. The van der Waals surface area contributed by atoms with Gasteiger partial charge in [-0.05, 0) is 64.4 Å². The summed E-state index contributed by atoms with van der Waals surface area (Å²) >= 11 is 0. The first-order chi connectivity index (χ1) is 11.1. The summed E-state index contributed by atoms with van der Waals surface area (Å²) in [4.78, 5) is 21.6. The highest BCUT2D eigenvalue weighted by Gasteiger charge is 2.28. The van der Waals surface area contributed by atoms with Crippen LogP contribution in [-0.4, -0.2) is 55.1 Å². The van der Waals surface area contributed by atoms with Crippen molar-refractivity contribution < 1.29 is 4.79 Å². The standard InChI is InChI=1S/C18H28N4O/c1-14-4-3-9-19-17(14)22-12-5-15(6-13-22)18(23)20-16-7-10-21(2)11-8-16/h3-4,9,15-16H,5-8,10-13H2,1-2H3,(H,20,23). The molecule has 0 bridgehead atoms. The molecule has 23 heavy (non-hydrogen) atoms. The molecule has 5 nitrogen and oxygen atoms in total. The van der Waals surface area contributed by atoms with E-state index in [1.165, 1.54) is 5.56 Å². The van der Waals surface area contributed by atoms with Crippen LogP contribution in [0, 0.1) is 12.8 Å². The fourth-order valence-electron chi connectivity index (χ4n) is 3.63. The monoisotopic (exact) mass is 316 g/mol. The molecule has 3 heterocycles. The van der Waals surface area contributed by atoms with Crippen LogP contribution in [-0.2, 0) is 4.79 Å². The van der Waals surface area contributed by atoms with Gasteiger partial charge in [-0.25, -0.2) is 4.98 Å². The number of aryl methyl sites for hydroxylation is 1. The van der Waals surface area contributed by atoms with Crippen LogP contribution in [0.25, 0.3) is 0 Å². The Balaban J connectivity index is 1.49. The lowest BCUT2D eigenvalue weighted by Crippen LogP contribution is -2.47. The van der Waals surface area contributed by atoms with E-state index in [1.54, 1.807) is 0 Å². The highest BCUT2D eigenvalue weighted by Crippen LogP contribution is 2.24. The Kier molecular flexibility index (Phi) is 5.16. The molecule has 5 heteroatoms. The number of anilines is 1. The molecular formula is C18H28N4O. The minimum Gasteiger partial charge on any atom is -0.356 e. The first kappa shape index (κ1) is 16.2. The molecule has 1 aromatic heterocycles. The number of nitrogens with one attached hydrogen (secondary N) is 1. The molecule has 1 aromatic rings. The van der Waals surface area contributed by atoms with Crippen LogP contribution < -0.4 is 10.2 Å². The van der Waals surface area contributed by atoms with Crippen LogP contribution >= 0.6 is 0 Å². The van der Waals surface area contributed by atoms with E-state index >= 15 is 0 Å². The number of carbonyl (C=O) groups is 1. The minimum absolute atomic E-state index is 0.162. The van der Waals surface area contributed by atoms with Crippen LogP contribution in [0.15, 0.2) is 18.3 Å². The Bertz CT molecular complexity index is 532. The Morgan fingerprint density at radius 3 is 2.52 bits per heavy atom. The van der Waals surface area contributed by atoms with Crippen molar-refractivity contribution >= 4 is 11.7 Å². The van der Waals surface area contributed by atoms with Crippen molar-refractivity contribution in [3.8, 4) is 0 Å². The predicted molar refractivity (Wildman–Crippen MR) is 92.6 cm³/mol. The summed E-state index contributed by atoms with van der Waals surface area (Å²) in [5.74, 6) is 1.49. The maximum atomic E-state index is 12.5. The van der Waals surface area contributed by atoms with Gasteiger partial charge in [-0.3, -0.25) is 4.79 Å². The number of nitrogens with zero attached hydrogens (tertiary/aromatic N) is 3. The molecule has 0 radical (unpaired) electrons. The fourth-order valence-corrected chi connectivity index (χ4v) is 3.63. The van der Waals surface area contributed by atoms with Crippen molar-refractivity contribution in [3.63, 3.8) is 0 Å². The highest BCUT2D eigenvalue weighted by molar-refractivity contribution is 5.79. The Hall–Kier alpha value is -1.62. The van der Waals surface area contributed by atoms with Crippen molar-refractivity contribution in [1.29, 1.82) is 0 Å². The third-order valence-corrected chi connectivity index (χ3v) is 5.21. The molecule has 2 saturated heterocycles. The van der Waals surface area contributed by atoms with E-state index in [4.69, 9.17) is 0 Å². The van der Waals surface area contributed by atoms with Gasteiger partial charge >= 0.3 is 0 Å². The van der Waals surface area contributed by atoms with E-state index in [2.05, 4.69) is 40.1 Å². The van der Waals surface area contributed by atoms with Crippen molar-refractivity contribution in [2.45, 2.75) is 38.6 Å². The number of carbonyl (C=O) groups excluding carboxylic acids is 1. The molecule has 2 aliphatic rings. The van der Waals surface area contributed by atoms with Gasteiger partial charge in [-0.1, -0.05) is 6.07 Å². The third-order valence-electron chi connectivity index (χ3n) is 5.21. The summed E-state index contributed by atoms with van der Waals surface area (Å²) in [5.41, 5.74) is 1.21. The summed E-state index contributed by atoms with van der Waals surface area (Å²) < 4.78 is 0. The van der Waals surface area contributed by atoms with Crippen LogP contribution in [0.4, 0.5) is 5.82 Å². The lowest BCUT2D eigenvalue weighted by molar-refractivity contribution is -0.126. The first-order valence-corrected chi connectivity index (χ1v) is 8.79. The molecule has 1 N–H and O–H groups in total. The predicted octanol–water partition coefficient (Wildman–Crippen LogP) is 1.82. The fraction of sp³-hybridized carbons (Fsp3) is 0.667. The molecule has 2 aliphatic heterocycles. The van der Waals surface area contributed by atoms with Crippen LogP contribution in [0.5, 0.6) is 0 Å². The third kappa shape index (κ3) is 4.02. The van der Waals surface area contributed by atoms with Crippen molar-refractivity contribution in [3.05, 3.63) is 23.9 Å². The number of rotatable bonds is 3. The van der Waals surface area contributed by atoms with Gasteiger partial charge in [-0.15, -0.1) is 0 Å². The lowest BCUT2D eigenvalue weighted by Gasteiger charge is -2.35. The van der Waals surface area contributed by atoms with E-state index in [0.29, 0.717) is 6.04 Å². The van der Waals surface area contributed by atoms with Crippen LogP contribution in [0.3, 0.4) is 0 Å². The van der Waals surface area contributed by atoms with E-state index in [1.807, 2.05) is 12.3 Å². The topological polar surface area (TPSA) is 48.5 Å². The Morgan fingerprint density at radius 2 is 1.87 bits per heavy atom. The van der Waals surface area contributed by atoms with E-state index in [-0.39, 0.29) is 11.8 Å². The molecular weight excluding hydrogens is 288 g/mol. The minimum atomic E-state index is 0.162. The molecule has 0 atom stereocenters. The van der Waals surface area contributed by atoms with Gasteiger partial charge in [0.1, 0.15) is 5.82 Å². The van der Waals surface area contributed by atoms with Crippen LogP contribution in [0.2, 0.25) is 0 Å². The zero-order valence-corrected chi connectivity index (χ0v) is 14.3. The lowest BCUT2D eigenvalue weighted by atomic mass is 9.94. The summed E-state index contributed by atoms with van der Waals surface area (Å²) in [6, 6.07) is 4.44. The SMILES string of the molecule is Cc1cccnc1N1CCC(C(=O)NC2CCN(C)CC2)CC1. The zero-order chi connectivity index (χ0) is 16.2. The normalized spacial score (nSPS) is 21.4. The molecule has 0 unspecified atom stereocenters. The van der Waals surface area contributed by atoms with Gasteiger partial charge < -0.3 is 15.1 Å². The zero-order valence-electron chi connectivity index (χ0n) is 14.3.